The summed E-state index contributed by atoms with van der Waals surface area (Å²) in [6.45, 7) is 5.79. The van der Waals surface area contributed by atoms with Gasteiger partial charge >= 0.3 is 5.97 Å². The fraction of sp³-hybridized carbons (Fsp3) is 0.367. The highest BCUT2D eigenvalue weighted by atomic mass is 16.5. The van der Waals surface area contributed by atoms with E-state index in [2.05, 4.69) is 49.6 Å². The zero-order chi connectivity index (χ0) is 28.9. The summed E-state index contributed by atoms with van der Waals surface area (Å²) in [7, 11) is 5.05. The Balaban J connectivity index is 1.36. The molecule has 1 aliphatic carbocycles. The number of fused-ring (bicyclic) bond motifs is 1. The summed E-state index contributed by atoms with van der Waals surface area (Å²) in [6, 6.07) is 7.23. The van der Waals surface area contributed by atoms with Gasteiger partial charge in [-0.3, -0.25) is 14.7 Å². The van der Waals surface area contributed by atoms with Gasteiger partial charge in [0.05, 0.1) is 36.9 Å². The zero-order valence-electron chi connectivity index (χ0n) is 23.8. The monoisotopic (exact) mass is 557 g/mol. The molecule has 11 nitrogen and oxygen atoms in total. The van der Waals surface area contributed by atoms with E-state index >= 15 is 0 Å². The third-order valence-electron chi connectivity index (χ3n) is 7.48. The van der Waals surface area contributed by atoms with Gasteiger partial charge in [-0.05, 0) is 49.2 Å². The quantitative estimate of drug-likeness (QED) is 0.380. The number of anilines is 3. The van der Waals surface area contributed by atoms with E-state index in [1.807, 2.05) is 19.1 Å². The van der Waals surface area contributed by atoms with Crippen LogP contribution in [0.1, 0.15) is 32.7 Å². The van der Waals surface area contributed by atoms with Gasteiger partial charge in [0.2, 0.25) is 11.9 Å². The van der Waals surface area contributed by atoms with Crippen LogP contribution in [0.15, 0.2) is 48.9 Å². The highest BCUT2D eigenvalue weighted by molar-refractivity contribution is 5.98. The predicted octanol–water partition coefficient (Wildman–Crippen LogP) is 2.90. The van der Waals surface area contributed by atoms with Crippen molar-refractivity contribution in [3.63, 3.8) is 0 Å². The molecule has 2 aliphatic rings. The first kappa shape index (κ1) is 28.3. The molecule has 214 valence electrons. The topological polar surface area (TPSA) is 122 Å². The van der Waals surface area contributed by atoms with E-state index in [0.29, 0.717) is 30.2 Å². The molecule has 0 saturated carbocycles. The average Bonchev–Trinajstić information content (AvgIpc) is 3.42. The number of methoxy groups -OCH3 is 2. The van der Waals surface area contributed by atoms with Crippen LogP contribution in [-0.2, 0) is 20.7 Å². The van der Waals surface area contributed by atoms with Crippen LogP contribution in [0.2, 0.25) is 0 Å². The number of rotatable bonds is 9. The Kier molecular flexibility index (Phi) is 8.67. The van der Waals surface area contributed by atoms with Crippen LogP contribution < -0.4 is 10.6 Å². The van der Waals surface area contributed by atoms with Crippen molar-refractivity contribution in [1.29, 1.82) is 0 Å². The van der Waals surface area contributed by atoms with Gasteiger partial charge in [0.1, 0.15) is 6.04 Å². The number of ether oxygens (including phenoxy) is 2. The largest absolute Gasteiger partial charge is 0.465 e. The zero-order valence-corrected chi connectivity index (χ0v) is 23.8. The number of benzene rings is 1. The van der Waals surface area contributed by atoms with Gasteiger partial charge in [-0.2, -0.15) is 0 Å². The third-order valence-corrected chi connectivity index (χ3v) is 7.48. The van der Waals surface area contributed by atoms with E-state index in [0.717, 1.165) is 59.8 Å². The number of hydrogen-bond acceptors (Lipinski definition) is 10. The molecule has 11 heteroatoms. The molecule has 1 atom stereocenters. The van der Waals surface area contributed by atoms with Gasteiger partial charge < -0.3 is 25.0 Å². The maximum Gasteiger partial charge on any atom is 0.339 e. The van der Waals surface area contributed by atoms with E-state index in [-0.39, 0.29) is 11.9 Å². The number of hydrogen-bond donors (Lipinski definition) is 2. The number of piperazine rings is 1. The van der Waals surface area contributed by atoms with Crippen molar-refractivity contribution in [3.8, 4) is 0 Å². The maximum absolute atomic E-state index is 13.5. The number of carbonyl (C=O) groups excluding carboxylic acids is 2. The Morgan fingerprint density at radius 2 is 1.90 bits per heavy atom. The summed E-state index contributed by atoms with van der Waals surface area (Å²) in [4.78, 5) is 43.2. The van der Waals surface area contributed by atoms with Crippen LogP contribution in [0.5, 0.6) is 0 Å². The summed E-state index contributed by atoms with van der Waals surface area (Å²) in [5.41, 5.74) is 6.45. The second kappa shape index (κ2) is 12.5. The summed E-state index contributed by atoms with van der Waals surface area (Å²) < 4.78 is 10.2. The molecule has 1 aliphatic heterocycles. The van der Waals surface area contributed by atoms with Crippen molar-refractivity contribution >= 4 is 34.8 Å². The lowest BCUT2D eigenvalue weighted by Gasteiger charge is -2.36. The number of esters is 1. The Hall–Kier alpha value is -4.19. The van der Waals surface area contributed by atoms with Gasteiger partial charge in [-0.25, -0.2) is 14.8 Å². The first-order chi connectivity index (χ1) is 19.9. The molecule has 1 amide bonds. The molecule has 1 saturated heterocycles. The van der Waals surface area contributed by atoms with Crippen molar-refractivity contribution in [2.24, 2.45) is 0 Å². The second-order valence-corrected chi connectivity index (χ2v) is 10.3. The highest BCUT2D eigenvalue weighted by Crippen LogP contribution is 2.37. The average molecular weight is 558 g/mol. The number of amides is 1. The molecule has 0 radical (unpaired) electrons. The lowest BCUT2D eigenvalue weighted by Crippen LogP contribution is -2.54. The van der Waals surface area contributed by atoms with Crippen molar-refractivity contribution < 1.29 is 19.1 Å². The number of aromatic nitrogens is 3. The van der Waals surface area contributed by atoms with Gasteiger partial charge in [-0.15, -0.1) is 0 Å². The fourth-order valence-corrected chi connectivity index (χ4v) is 5.21. The van der Waals surface area contributed by atoms with Crippen LogP contribution in [0.3, 0.4) is 0 Å². The fourth-order valence-electron chi connectivity index (χ4n) is 5.21. The minimum absolute atomic E-state index is 0.0641. The molecular weight excluding hydrogens is 522 g/mol. The molecule has 2 aromatic heterocycles. The third kappa shape index (κ3) is 6.27. The molecule has 5 rings (SSSR count). The first-order valence-corrected chi connectivity index (χ1v) is 13.6. The minimum Gasteiger partial charge on any atom is -0.465 e. The van der Waals surface area contributed by atoms with E-state index in [1.165, 1.54) is 13.3 Å². The summed E-state index contributed by atoms with van der Waals surface area (Å²) in [5, 5.41) is 6.33. The molecule has 0 unspecified atom stereocenters. The molecule has 2 N–H and O–H groups in total. The molecule has 41 heavy (non-hydrogen) atoms. The number of likely N-dealkylation sites (N-methyl/N-ethyl adjacent to an activating group) is 1. The van der Waals surface area contributed by atoms with Gasteiger partial charge in [0.15, 0.2) is 0 Å². The van der Waals surface area contributed by atoms with E-state index in [4.69, 9.17) is 14.5 Å². The molecule has 1 aromatic carbocycles. The van der Waals surface area contributed by atoms with Crippen LogP contribution >= 0.6 is 0 Å². The van der Waals surface area contributed by atoms with Crippen molar-refractivity contribution in [2.45, 2.75) is 19.4 Å². The maximum atomic E-state index is 13.5. The van der Waals surface area contributed by atoms with Gasteiger partial charge in [0.25, 0.3) is 0 Å². The van der Waals surface area contributed by atoms with Crippen LogP contribution in [0.4, 0.5) is 17.3 Å². The van der Waals surface area contributed by atoms with Gasteiger partial charge in [0, 0.05) is 56.9 Å². The minimum atomic E-state index is -0.473. The molecule has 1 fully saturated rings. The Labute approximate surface area is 239 Å². The smallest absolute Gasteiger partial charge is 0.339 e. The Morgan fingerprint density at radius 1 is 1.10 bits per heavy atom. The van der Waals surface area contributed by atoms with E-state index in [9.17, 15) is 9.59 Å². The lowest BCUT2D eigenvalue weighted by atomic mass is 9.99. The number of allylic oxidation sites excluding steroid dienone is 1. The SMILES string of the molecule is COC[C@H](C(=O)Nc1cccc2c1CC=C2c1nc(Nc2cncc(C(=O)OC)c2)ncc1C)N1CCN(C)CC1. The standard InChI is InChI=1S/C30H35N7O4/c1-19-15-32-30(33-21-14-20(16-31-17-21)29(39)41-4)35-27(19)24-9-8-23-22(24)6-5-7-25(23)34-28(38)26(18-40-3)37-12-10-36(2)11-13-37/h5-7,9,14-17,26H,8,10-13,18H2,1-4H3,(H,34,38)(H,32,33,35)/t26-/m1/s1. The number of nitrogens with one attached hydrogen (secondary N) is 2. The Morgan fingerprint density at radius 3 is 2.66 bits per heavy atom. The summed E-state index contributed by atoms with van der Waals surface area (Å²) >= 11 is 0. The van der Waals surface area contributed by atoms with Gasteiger partial charge in [-0.1, -0.05) is 18.2 Å². The van der Waals surface area contributed by atoms with Crippen molar-refractivity contribution in [1.82, 2.24) is 24.8 Å². The number of nitrogens with zero attached hydrogens (tertiary/aromatic N) is 5. The normalized spacial score (nSPS) is 16.0. The summed E-state index contributed by atoms with van der Waals surface area (Å²) in [6.07, 6.45) is 7.59. The molecule has 3 aromatic rings. The molecular formula is C30H35N7O4. The molecule has 3 heterocycles. The van der Waals surface area contributed by atoms with Crippen molar-refractivity contribution in [2.75, 3.05) is 64.7 Å². The molecule has 0 bridgehead atoms. The number of aryl methyl sites for hydroxylation is 1. The van der Waals surface area contributed by atoms with E-state index < -0.39 is 5.97 Å². The van der Waals surface area contributed by atoms with E-state index in [1.54, 1.807) is 25.6 Å². The van der Waals surface area contributed by atoms with Crippen LogP contribution in [0, 0.1) is 6.92 Å². The summed E-state index contributed by atoms with van der Waals surface area (Å²) in [5.74, 6) is -0.159. The molecule has 0 spiro atoms. The first-order valence-electron chi connectivity index (χ1n) is 13.6. The number of carbonyl (C=O) groups is 2. The predicted molar refractivity (Wildman–Crippen MR) is 156 cm³/mol. The highest BCUT2D eigenvalue weighted by Gasteiger charge is 2.30. The number of pyridine rings is 1. The van der Waals surface area contributed by atoms with Crippen LogP contribution in [-0.4, -0.2) is 96.7 Å². The Bertz CT molecular complexity index is 1470. The van der Waals surface area contributed by atoms with Crippen molar-refractivity contribution in [3.05, 3.63) is 76.9 Å². The van der Waals surface area contributed by atoms with Crippen LogP contribution in [0.25, 0.3) is 5.57 Å². The lowest BCUT2D eigenvalue weighted by molar-refractivity contribution is -0.124. The second-order valence-electron chi connectivity index (χ2n) is 10.3.